The molecule has 0 aliphatic carbocycles. The lowest BCUT2D eigenvalue weighted by molar-refractivity contribution is -0.149. The van der Waals surface area contributed by atoms with Crippen molar-refractivity contribution in [2.75, 3.05) is 27.4 Å². The Morgan fingerprint density at radius 1 is 0.871 bits per heavy atom. The Balaban J connectivity index is 1.46. The molecule has 0 spiro atoms. The molecule has 31 heavy (non-hydrogen) atoms. The van der Waals surface area contributed by atoms with Crippen LogP contribution < -0.4 is 14.8 Å². The number of benzene rings is 3. The number of hydrogen-bond acceptors (Lipinski definition) is 5. The number of carbonyl (C=O) groups excluding carboxylic acids is 2. The van der Waals surface area contributed by atoms with Crippen LogP contribution in [0.3, 0.4) is 0 Å². The Kier molecular flexibility index (Phi) is 7.49. The maximum absolute atomic E-state index is 12.4. The highest BCUT2D eigenvalue weighted by Gasteiger charge is 2.18. The molecule has 0 heterocycles. The van der Waals surface area contributed by atoms with Crippen LogP contribution in [0.5, 0.6) is 11.5 Å². The predicted molar refractivity (Wildman–Crippen MR) is 120 cm³/mol. The van der Waals surface area contributed by atoms with Crippen LogP contribution in [0, 0.1) is 0 Å². The van der Waals surface area contributed by atoms with E-state index >= 15 is 0 Å². The summed E-state index contributed by atoms with van der Waals surface area (Å²) in [5.74, 6) is 0.349. The predicted octanol–water partition coefficient (Wildman–Crippen LogP) is 3.86. The second-order valence-electron chi connectivity index (χ2n) is 7.25. The summed E-state index contributed by atoms with van der Waals surface area (Å²) in [5.41, 5.74) is 1.92. The molecule has 6 nitrogen and oxygen atoms in total. The summed E-state index contributed by atoms with van der Waals surface area (Å²) in [6, 6.07) is 19.2. The molecule has 1 N–H and O–H groups in total. The smallest absolute Gasteiger partial charge is 0.313 e. The van der Waals surface area contributed by atoms with E-state index in [2.05, 4.69) is 5.32 Å². The van der Waals surface area contributed by atoms with E-state index in [1.54, 1.807) is 21.1 Å². The molecule has 0 bridgehead atoms. The molecule has 0 radical (unpaired) electrons. The van der Waals surface area contributed by atoms with Gasteiger partial charge < -0.3 is 19.5 Å². The third-order valence-electron chi connectivity index (χ3n) is 5.17. The Morgan fingerprint density at radius 3 is 2.23 bits per heavy atom. The first-order valence-electron chi connectivity index (χ1n) is 10.1. The van der Waals surface area contributed by atoms with Crippen LogP contribution in [-0.4, -0.2) is 39.2 Å². The van der Waals surface area contributed by atoms with Crippen molar-refractivity contribution >= 4 is 22.6 Å². The number of ether oxygens (including phenoxy) is 3. The molecular formula is C25H27NO5. The first-order chi connectivity index (χ1) is 15.0. The van der Waals surface area contributed by atoms with Crippen molar-refractivity contribution in [2.45, 2.75) is 19.3 Å². The molecule has 0 aromatic heterocycles. The first kappa shape index (κ1) is 22.2. The van der Waals surface area contributed by atoms with Gasteiger partial charge in [0.1, 0.15) is 11.5 Å². The average molecular weight is 421 g/mol. The van der Waals surface area contributed by atoms with Crippen molar-refractivity contribution in [3.63, 3.8) is 0 Å². The summed E-state index contributed by atoms with van der Waals surface area (Å²) in [7, 11) is 3.25. The fourth-order valence-electron chi connectivity index (χ4n) is 3.23. The molecule has 3 aromatic rings. The molecule has 3 aromatic carbocycles. The van der Waals surface area contributed by atoms with Gasteiger partial charge in [-0.3, -0.25) is 9.59 Å². The van der Waals surface area contributed by atoms with Crippen molar-refractivity contribution in [3.8, 4) is 11.5 Å². The van der Waals surface area contributed by atoms with E-state index in [0.29, 0.717) is 13.0 Å². The van der Waals surface area contributed by atoms with E-state index < -0.39 is 11.9 Å². The average Bonchev–Trinajstić information content (AvgIpc) is 2.81. The summed E-state index contributed by atoms with van der Waals surface area (Å²) in [4.78, 5) is 24.4. The quantitative estimate of drug-likeness (QED) is 0.531. The molecule has 0 unspecified atom stereocenters. The molecule has 6 heteroatoms. The first-order valence-corrected chi connectivity index (χ1v) is 10.1. The van der Waals surface area contributed by atoms with Crippen LogP contribution in [0.25, 0.3) is 10.8 Å². The van der Waals surface area contributed by atoms with Crippen LogP contribution in [0.4, 0.5) is 0 Å². The molecule has 162 valence electrons. The van der Waals surface area contributed by atoms with Crippen LogP contribution >= 0.6 is 0 Å². The third kappa shape index (κ3) is 5.98. The Morgan fingerprint density at radius 2 is 1.52 bits per heavy atom. The maximum atomic E-state index is 12.4. The lowest BCUT2D eigenvalue weighted by Gasteiger charge is -2.13. The number of hydrogen-bond donors (Lipinski definition) is 1. The van der Waals surface area contributed by atoms with Crippen LogP contribution in [-0.2, 0) is 20.7 Å². The van der Waals surface area contributed by atoms with Crippen LogP contribution in [0.15, 0.2) is 60.7 Å². The molecule has 0 aliphatic rings. The van der Waals surface area contributed by atoms with Crippen molar-refractivity contribution in [3.05, 3.63) is 71.8 Å². The fourth-order valence-corrected chi connectivity index (χ4v) is 3.23. The molecule has 0 aliphatic heterocycles. The summed E-state index contributed by atoms with van der Waals surface area (Å²) in [5, 5.41) is 4.81. The maximum Gasteiger partial charge on any atom is 0.313 e. The van der Waals surface area contributed by atoms with Gasteiger partial charge in [-0.2, -0.15) is 0 Å². The fraction of sp³-hybridized carbons (Fsp3) is 0.280. The number of carbonyl (C=O) groups is 2. The number of esters is 1. The second-order valence-corrected chi connectivity index (χ2v) is 7.25. The highest BCUT2D eigenvalue weighted by Crippen LogP contribution is 2.25. The number of nitrogens with one attached hydrogen (secondary N) is 1. The lowest BCUT2D eigenvalue weighted by Crippen LogP contribution is -2.31. The summed E-state index contributed by atoms with van der Waals surface area (Å²) in [6.07, 6.45) is 0.682. The molecule has 1 atom stereocenters. The van der Waals surface area contributed by atoms with Crippen LogP contribution in [0.1, 0.15) is 24.0 Å². The molecule has 1 amide bonds. The van der Waals surface area contributed by atoms with E-state index in [1.165, 1.54) is 0 Å². The SMILES string of the molecule is COc1ccc(CCNC(=O)COC(=O)[C@@H](C)c2ccc3cc(OC)ccc3c2)cc1. The number of rotatable bonds is 9. The second kappa shape index (κ2) is 10.5. The van der Waals surface area contributed by atoms with E-state index in [4.69, 9.17) is 14.2 Å². The van der Waals surface area contributed by atoms with Crippen molar-refractivity contribution in [1.29, 1.82) is 0 Å². The Hall–Kier alpha value is -3.54. The molecule has 0 saturated heterocycles. The van der Waals surface area contributed by atoms with Crippen LogP contribution in [0.2, 0.25) is 0 Å². The van der Waals surface area contributed by atoms with Crippen molar-refractivity contribution in [1.82, 2.24) is 5.32 Å². The molecule has 0 fully saturated rings. The van der Waals surface area contributed by atoms with Gasteiger partial charge in [0, 0.05) is 6.54 Å². The minimum absolute atomic E-state index is 0.295. The minimum atomic E-state index is -0.474. The largest absolute Gasteiger partial charge is 0.497 e. The normalized spacial score (nSPS) is 11.6. The zero-order valence-electron chi connectivity index (χ0n) is 18.0. The van der Waals surface area contributed by atoms with E-state index in [9.17, 15) is 9.59 Å². The Bertz CT molecular complexity index is 1050. The lowest BCUT2D eigenvalue weighted by atomic mass is 9.98. The van der Waals surface area contributed by atoms with Gasteiger partial charge in [-0.15, -0.1) is 0 Å². The Labute approximate surface area is 182 Å². The van der Waals surface area contributed by atoms with Gasteiger partial charge in [0.25, 0.3) is 5.91 Å². The van der Waals surface area contributed by atoms with Gasteiger partial charge in [0.05, 0.1) is 20.1 Å². The third-order valence-corrected chi connectivity index (χ3v) is 5.17. The zero-order chi connectivity index (χ0) is 22.2. The topological polar surface area (TPSA) is 73.9 Å². The molecular weight excluding hydrogens is 394 g/mol. The van der Waals surface area contributed by atoms with Crippen molar-refractivity contribution < 1.29 is 23.8 Å². The number of methoxy groups -OCH3 is 2. The number of fused-ring (bicyclic) bond motifs is 1. The van der Waals surface area contributed by atoms with Gasteiger partial charge in [-0.25, -0.2) is 0 Å². The summed E-state index contributed by atoms with van der Waals surface area (Å²) in [6.45, 7) is 1.94. The van der Waals surface area contributed by atoms with Gasteiger partial charge in [-0.05, 0) is 59.5 Å². The standard InChI is InChI=1S/C25H27NO5/c1-17(19-6-7-21-15-23(30-3)11-8-20(21)14-19)25(28)31-16-24(27)26-13-12-18-4-9-22(29-2)10-5-18/h4-11,14-15,17H,12-13,16H2,1-3H3,(H,26,27)/t17-/m0/s1. The molecule has 3 rings (SSSR count). The highest BCUT2D eigenvalue weighted by molar-refractivity contribution is 5.87. The summed E-state index contributed by atoms with van der Waals surface area (Å²) >= 11 is 0. The monoisotopic (exact) mass is 421 g/mol. The molecule has 0 saturated carbocycles. The zero-order valence-corrected chi connectivity index (χ0v) is 18.0. The summed E-state index contributed by atoms with van der Waals surface area (Å²) < 4.78 is 15.6. The van der Waals surface area contributed by atoms with E-state index in [1.807, 2.05) is 60.7 Å². The van der Waals surface area contributed by atoms with E-state index in [0.717, 1.165) is 33.4 Å². The van der Waals surface area contributed by atoms with Gasteiger partial charge in [0.2, 0.25) is 0 Å². The van der Waals surface area contributed by atoms with Crippen molar-refractivity contribution in [2.24, 2.45) is 0 Å². The number of amides is 1. The minimum Gasteiger partial charge on any atom is -0.497 e. The highest BCUT2D eigenvalue weighted by atomic mass is 16.5. The van der Waals surface area contributed by atoms with Gasteiger partial charge >= 0.3 is 5.97 Å². The van der Waals surface area contributed by atoms with Gasteiger partial charge in [0.15, 0.2) is 6.61 Å². The van der Waals surface area contributed by atoms with E-state index in [-0.39, 0.29) is 12.5 Å². The van der Waals surface area contributed by atoms with Gasteiger partial charge in [-0.1, -0.05) is 36.4 Å².